The molecule has 0 atom stereocenters. The van der Waals surface area contributed by atoms with Crippen LogP contribution in [0, 0.1) is 0 Å². The lowest BCUT2D eigenvalue weighted by Gasteiger charge is -2.07. The van der Waals surface area contributed by atoms with E-state index < -0.39 is 23.8 Å². The number of hydrogen-bond acceptors (Lipinski definition) is 5. The highest BCUT2D eigenvalue weighted by atomic mass is 16.5. The van der Waals surface area contributed by atoms with Crippen molar-refractivity contribution < 1.29 is 14.6 Å². The van der Waals surface area contributed by atoms with E-state index in [9.17, 15) is 14.4 Å². The fourth-order valence-corrected chi connectivity index (χ4v) is 1.11. The highest BCUT2D eigenvalue weighted by molar-refractivity contribution is 5.68. The van der Waals surface area contributed by atoms with Gasteiger partial charge < -0.3 is 20.1 Å². The summed E-state index contributed by atoms with van der Waals surface area (Å²) in [4.78, 5) is 36.9. The fraction of sp³-hybridized carbons (Fsp3) is 0.375. The predicted octanol–water partition coefficient (Wildman–Crippen LogP) is -1.75. The number of hydrogen-bond donors (Lipinski definition) is 4. The smallest absolute Gasteiger partial charge is 0.341 e. The maximum atomic E-state index is 11.3. The zero-order valence-corrected chi connectivity index (χ0v) is 8.49. The minimum Gasteiger partial charge on any atom is -0.479 e. The molecule has 16 heavy (non-hydrogen) atoms. The van der Waals surface area contributed by atoms with Gasteiger partial charge in [-0.05, 0) is 7.05 Å². The summed E-state index contributed by atoms with van der Waals surface area (Å²) in [6.45, 7) is -0.458. The Kier molecular flexibility index (Phi) is 3.84. The molecule has 1 heterocycles. The number of aromatic amines is 2. The molecule has 0 saturated carbocycles. The van der Waals surface area contributed by atoms with Gasteiger partial charge in [-0.25, -0.2) is 9.59 Å². The van der Waals surface area contributed by atoms with Gasteiger partial charge in [0.25, 0.3) is 5.56 Å². The van der Waals surface area contributed by atoms with Gasteiger partial charge in [-0.1, -0.05) is 0 Å². The molecule has 4 N–H and O–H groups in total. The number of aliphatic carboxylic acids is 1. The molecule has 0 aliphatic heterocycles. The summed E-state index contributed by atoms with van der Waals surface area (Å²) in [6.07, 6.45) is 0. The third-order valence-electron chi connectivity index (χ3n) is 1.67. The van der Waals surface area contributed by atoms with Crippen LogP contribution in [0.3, 0.4) is 0 Å². The summed E-state index contributed by atoms with van der Waals surface area (Å²) in [7, 11) is 1.61. The van der Waals surface area contributed by atoms with Crippen molar-refractivity contribution in [1.29, 1.82) is 0 Å². The molecule has 0 radical (unpaired) electrons. The Morgan fingerprint density at radius 3 is 2.69 bits per heavy atom. The normalized spacial score (nSPS) is 10.1. The fourth-order valence-electron chi connectivity index (χ4n) is 1.11. The van der Waals surface area contributed by atoms with Crippen LogP contribution in [-0.2, 0) is 11.3 Å². The minimum absolute atomic E-state index is 0.189. The molecule has 0 bridgehead atoms. The van der Waals surface area contributed by atoms with E-state index in [4.69, 9.17) is 9.84 Å². The Labute approximate surface area is 89.3 Å². The summed E-state index contributed by atoms with van der Waals surface area (Å²) < 4.78 is 4.78. The monoisotopic (exact) mass is 229 g/mol. The van der Waals surface area contributed by atoms with Crippen molar-refractivity contribution in [1.82, 2.24) is 15.3 Å². The lowest BCUT2D eigenvalue weighted by molar-refractivity contribution is -0.139. The molecule has 0 unspecified atom stereocenters. The number of nitrogens with one attached hydrogen (secondary N) is 3. The largest absolute Gasteiger partial charge is 0.479 e. The second-order valence-corrected chi connectivity index (χ2v) is 2.93. The highest BCUT2D eigenvalue weighted by Gasteiger charge is 2.11. The lowest BCUT2D eigenvalue weighted by Crippen LogP contribution is -2.28. The first-order chi connectivity index (χ1) is 7.54. The Balaban J connectivity index is 3.08. The number of aromatic nitrogens is 2. The molecule has 8 heteroatoms. The molecule has 88 valence electrons. The van der Waals surface area contributed by atoms with Crippen molar-refractivity contribution in [2.75, 3.05) is 13.7 Å². The third-order valence-corrected chi connectivity index (χ3v) is 1.67. The van der Waals surface area contributed by atoms with Crippen LogP contribution >= 0.6 is 0 Å². The number of carboxylic acid groups (broad SMARTS) is 1. The van der Waals surface area contributed by atoms with Crippen LogP contribution in [0.2, 0.25) is 0 Å². The van der Waals surface area contributed by atoms with E-state index in [1.165, 1.54) is 0 Å². The van der Waals surface area contributed by atoms with Gasteiger partial charge >= 0.3 is 11.7 Å². The van der Waals surface area contributed by atoms with Crippen molar-refractivity contribution in [3.63, 3.8) is 0 Å². The van der Waals surface area contributed by atoms with Crippen LogP contribution in [0.4, 0.5) is 0 Å². The highest BCUT2D eigenvalue weighted by Crippen LogP contribution is 2.06. The Morgan fingerprint density at radius 1 is 1.44 bits per heavy atom. The maximum Gasteiger partial charge on any atom is 0.341 e. The SMILES string of the molecule is CNCc1[nH]c(=O)[nH]c(=O)c1OCC(=O)O. The van der Waals surface area contributed by atoms with E-state index in [1.54, 1.807) is 7.05 Å². The summed E-state index contributed by atoms with van der Waals surface area (Å²) >= 11 is 0. The molecule has 0 fully saturated rings. The van der Waals surface area contributed by atoms with Crippen LogP contribution in [0.25, 0.3) is 0 Å². The quantitative estimate of drug-likeness (QED) is 0.474. The average molecular weight is 229 g/mol. The zero-order valence-electron chi connectivity index (χ0n) is 8.49. The molecule has 1 aromatic heterocycles. The van der Waals surface area contributed by atoms with E-state index in [0.29, 0.717) is 0 Å². The molecule has 8 nitrogen and oxygen atoms in total. The molecule has 1 rings (SSSR count). The van der Waals surface area contributed by atoms with E-state index >= 15 is 0 Å². The predicted molar refractivity (Wildman–Crippen MR) is 53.6 cm³/mol. The maximum absolute atomic E-state index is 11.3. The third kappa shape index (κ3) is 2.95. The molecular weight excluding hydrogens is 218 g/mol. The van der Waals surface area contributed by atoms with E-state index in [1.807, 2.05) is 4.98 Å². The number of ether oxygens (including phenoxy) is 1. The van der Waals surface area contributed by atoms with Crippen molar-refractivity contribution in [2.45, 2.75) is 6.54 Å². The molecule has 1 aromatic rings. The standard InChI is InChI=1S/C8H11N3O5/c1-9-2-4-6(16-3-5(12)13)7(14)11-8(15)10-4/h9H,2-3H2,1H3,(H,12,13)(H2,10,11,14,15). The van der Waals surface area contributed by atoms with Gasteiger partial charge in [0.05, 0.1) is 5.69 Å². The van der Waals surface area contributed by atoms with Gasteiger partial charge in [-0.3, -0.25) is 9.78 Å². The number of carboxylic acids is 1. The first-order valence-electron chi connectivity index (χ1n) is 4.39. The van der Waals surface area contributed by atoms with E-state index in [0.717, 1.165) is 0 Å². The first kappa shape index (κ1) is 12.0. The lowest BCUT2D eigenvalue weighted by atomic mass is 10.3. The number of H-pyrrole nitrogens is 2. The molecular formula is C8H11N3O5. The Bertz CT molecular complexity index is 489. The topological polar surface area (TPSA) is 124 Å². The number of carbonyl (C=O) groups is 1. The van der Waals surface area contributed by atoms with Crippen molar-refractivity contribution in [2.24, 2.45) is 0 Å². The summed E-state index contributed by atoms with van der Waals surface area (Å²) in [5.74, 6) is -1.41. The van der Waals surface area contributed by atoms with Crippen LogP contribution in [0.15, 0.2) is 9.59 Å². The van der Waals surface area contributed by atoms with E-state index in [2.05, 4.69) is 10.3 Å². The Morgan fingerprint density at radius 2 is 2.12 bits per heavy atom. The number of rotatable bonds is 5. The van der Waals surface area contributed by atoms with Gasteiger partial charge in [-0.2, -0.15) is 0 Å². The van der Waals surface area contributed by atoms with Gasteiger partial charge in [0.1, 0.15) is 0 Å². The van der Waals surface area contributed by atoms with Crippen molar-refractivity contribution in [3.05, 3.63) is 26.5 Å². The van der Waals surface area contributed by atoms with Crippen LogP contribution in [0.5, 0.6) is 5.75 Å². The molecule has 0 amide bonds. The summed E-state index contributed by atoms with van der Waals surface area (Å²) in [5.41, 5.74) is -1.22. The zero-order chi connectivity index (χ0) is 12.1. The van der Waals surface area contributed by atoms with E-state index in [-0.39, 0.29) is 18.0 Å². The van der Waals surface area contributed by atoms with Crippen LogP contribution in [0.1, 0.15) is 5.69 Å². The van der Waals surface area contributed by atoms with Crippen molar-refractivity contribution in [3.8, 4) is 5.75 Å². The second kappa shape index (κ2) is 5.12. The van der Waals surface area contributed by atoms with Crippen LogP contribution < -0.4 is 21.3 Å². The van der Waals surface area contributed by atoms with Gasteiger partial charge in [-0.15, -0.1) is 0 Å². The van der Waals surface area contributed by atoms with Gasteiger partial charge in [0.15, 0.2) is 6.61 Å². The Hall–Kier alpha value is -2.09. The minimum atomic E-state index is -1.21. The molecule has 0 spiro atoms. The molecule has 0 aromatic carbocycles. The molecule has 0 aliphatic carbocycles. The molecule has 0 saturated heterocycles. The average Bonchev–Trinajstić information content (AvgIpc) is 2.16. The summed E-state index contributed by atoms with van der Waals surface area (Å²) in [6, 6.07) is 0. The van der Waals surface area contributed by atoms with Gasteiger partial charge in [0, 0.05) is 6.54 Å². The van der Waals surface area contributed by atoms with Crippen LogP contribution in [-0.4, -0.2) is 34.7 Å². The van der Waals surface area contributed by atoms with Crippen molar-refractivity contribution >= 4 is 5.97 Å². The summed E-state index contributed by atoms with van der Waals surface area (Å²) in [5, 5.41) is 11.1. The van der Waals surface area contributed by atoms with Gasteiger partial charge in [0.2, 0.25) is 5.75 Å². The molecule has 0 aliphatic rings. The first-order valence-corrected chi connectivity index (χ1v) is 4.39. The second-order valence-electron chi connectivity index (χ2n) is 2.93.